The van der Waals surface area contributed by atoms with E-state index >= 15 is 0 Å². The largest absolute Gasteiger partial charge is 0.493 e. The fourth-order valence-corrected chi connectivity index (χ4v) is 3.15. The third-order valence-electron chi connectivity index (χ3n) is 4.83. The second-order valence-electron chi connectivity index (χ2n) is 7.22. The van der Waals surface area contributed by atoms with E-state index in [2.05, 4.69) is 9.88 Å². The Kier molecular flexibility index (Phi) is 6.64. The number of nitrogens with zero attached hydrogens (tertiary/aromatic N) is 2. The molecule has 0 N–H and O–H groups in total. The zero-order valence-corrected chi connectivity index (χ0v) is 15.5. The molecular formula is C22H28N2O2. The lowest BCUT2D eigenvalue weighted by Gasteiger charge is -2.32. The van der Waals surface area contributed by atoms with Crippen LogP contribution in [0.4, 0.5) is 0 Å². The van der Waals surface area contributed by atoms with Crippen molar-refractivity contribution in [2.45, 2.75) is 32.6 Å². The monoisotopic (exact) mass is 352 g/mol. The fraction of sp³-hybridized carbons (Fsp3) is 0.455. The number of hydrogen-bond acceptors (Lipinski definition) is 3. The van der Waals surface area contributed by atoms with E-state index < -0.39 is 0 Å². The molecule has 2 aromatic rings. The number of likely N-dealkylation sites (tertiary alicyclic amines) is 1. The highest BCUT2D eigenvalue weighted by molar-refractivity contribution is 5.81. The van der Waals surface area contributed by atoms with Gasteiger partial charge in [-0.05, 0) is 62.4 Å². The SMILES string of the molecule is Cc1ccncc1.O=C(C1CC1)N1CCCC(COc2ccccc2)C1. The van der Waals surface area contributed by atoms with Gasteiger partial charge in [0.25, 0.3) is 0 Å². The number of carbonyl (C=O) groups is 1. The summed E-state index contributed by atoms with van der Waals surface area (Å²) in [6.45, 7) is 4.58. The zero-order valence-electron chi connectivity index (χ0n) is 15.5. The molecule has 1 unspecified atom stereocenters. The van der Waals surface area contributed by atoms with Crippen LogP contribution < -0.4 is 4.74 Å². The number of aryl methyl sites for hydroxylation is 1. The molecule has 1 aliphatic carbocycles. The van der Waals surface area contributed by atoms with Gasteiger partial charge in [-0.3, -0.25) is 9.78 Å². The Balaban J connectivity index is 0.000000236. The van der Waals surface area contributed by atoms with Gasteiger partial charge in [0, 0.05) is 37.3 Å². The van der Waals surface area contributed by atoms with E-state index in [9.17, 15) is 4.79 Å². The van der Waals surface area contributed by atoms with Crippen molar-refractivity contribution in [3.8, 4) is 5.75 Å². The number of ether oxygens (including phenoxy) is 1. The fourth-order valence-electron chi connectivity index (χ4n) is 3.15. The summed E-state index contributed by atoms with van der Waals surface area (Å²) >= 11 is 0. The highest BCUT2D eigenvalue weighted by Crippen LogP contribution is 2.32. The second kappa shape index (κ2) is 9.37. The number of amides is 1. The van der Waals surface area contributed by atoms with Crippen LogP contribution in [0.5, 0.6) is 5.75 Å². The van der Waals surface area contributed by atoms with Crippen molar-refractivity contribution in [3.63, 3.8) is 0 Å². The van der Waals surface area contributed by atoms with Gasteiger partial charge in [0.1, 0.15) is 5.75 Å². The summed E-state index contributed by atoms with van der Waals surface area (Å²) < 4.78 is 5.81. The molecule has 138 valence electrons. The third-order valence-corrected chi connectivity index (χ3v) is 4.83. The minimum atomic E-state index is 0.341. The summed E-state index contributed by atoms with van der Waals surface area (Å²) in [4.78, 5) is 18.0. The number of rotatable bonds is 4. The van der Waals surface area contributed by atoms with Gasteiger partial charge in [-0.2, -0.15) is 0 Å². The first-order valence-electron chi connectivity index (χ1n) is 9.55. The van der Waals surface area contributed by atoms with E-state index in [1.807, 2.05) is 49.4 Å². The molecule has 1 saturated heterocycles. The van der Waals surface area contributed by atoms with Crippen LogP contribution in [0.1, 0.15) is 31.2 Å². The van der Waals surface area contributed by atoms with E-state index in [1.165, 1.54) is 12.0 Å². The van der Waals surface area contributed by atoms with Gasteiger partial charge in [0.2, 0.25) is 5.91 Å². The molecule has 26 heavy (non-hydrogen) atoms. The Hall–Kier alpha value is -2.36. The van der Waals surface area contributed by atoms with Gasteiger partial charge in [0.05, 0.1) is 6.61 Å². The molecule has 1 amide bonds. The van der Waals surface area contributed by atoms with Gasteiger partial charge < -0.3 is 9.64 Å². The molecule has 1 atom stereocenters. The topological polar surface area (TPSA) is 42.4 Å². The van der Waals surface area contributed by atoms with Crippen molar-refractivity contribution in [2.75, 3.05) is 19.7 Å². The molecule has 1 aromatic heterocycles. The van der Waals surface area contributed by atoms with E-state index in [-0.39, 0.29) is 0 Å². The Labute approximate surface area is 156 Å². The molecule has 0 radical (unpaired) electrons. The normalized spacial score (nSPS) is 19.3. The molecule has 4 rings (SSSR count). The van der Waals surface area contributed by atoms with Crippen molar-refractivity contribution < 1.29 is 9.53 Å². The minimum absolute atomic E-state index is 0.341. The number of para-hydroxylation sites is 1. The maximum absolute atomic E-state index is 12.1. The second-order valence-corrected chi connectivity index (χ2v) is 7.22. The first kappa shape index (κ1) is 18.4. The van der Waals surface area contributed by atoms with Crippen molar-refractivity contribution in [2.24, 2.45) is 11.8 Å². The van der Waals surface area contributed by atoms with Crippen molar-refractivity contribution in [1.82, 2.24) is 9.88 Å². The molecule has 1 aliphatic heterocycles. The lowest BCUT2D eigenvalue weighted by atomic mass is 9.98. The van der Waals surface area contributed by atoms with Crippen LogP contribution in [0.15, 0.2) is 54.9 Å². The summed E-state index contributed by atoms with van der Waals surface area (Å²) in [6, 6.07) is 13.9. The molecule has 2 heterocycles. The van der Waals surface area contributed by atoms with Crippen LogP contribution >= 0.6 is 0 Å². The Morgan fingerprint density at radius 1 is 1.12 bits per heavy atom. The summed E-state index contributed by atoms with van der Waals surface area (Å²) in [7, 11) is 0. The molecule has 2 aliphatic rings. The lowest BCUT2D eigenvalue weighted by molar-refractivity contribution is -0.134. The molecule has 4 heteroatoms. The number of carbonyl (C=O) groups excluding carboxylic acids is 1. The molecule has 4 nitrogen and oxygen atoms in total. The number of hydrogen-bond donors (Lipinski definition) is 0. The Morgan fingerprint density at radius 2 is 1.85 bits per heavy atom. The lowest BCUT2D eigenvalue weighted by Crippen LogP contribution is -2.42. The standard InChI is InChI=1S/C16H21NO2.C6H7N/c18-16(14-8-9-14)17-10-4-5-13(11-17)12-19-15-6-2-1-3-7-15;1-6-2-4-7-5-3-6/h1-3,6-7,13-14H,4-5,8-12H2;2-5H,1H3. The van der Waals surface area contributed by atoms with Crippen molar-refractivity contribution >= 4 is 5.91 Å². The molecule has 0 spiro atoms. The number of piperidine rings is 1. The van der Waals surface area contributed by atoms with Crippen LogP contribution in [-0.2, 0) is 4.79 Å². The van der Waals surface area contributed by atoms with E-state index in [0.717, 1.165) is 44.7 Å². The highest BCUT2D eigenvalue weighted by Gasteiger charge is 2.35. The van der Waals surface area contributed by atoms with Crippen LogP contribution in [0, 0.1) is 18.8 Å². The maximum Gasteiger partial charge on any atom is 0.225 e. The van der Waals surface area contributed by atoms with E-state index in [0.29, 0.717) is 17.7 Å². The Bertz CT molecular complexity index is 671. The van der Waals surface area contributed by atoms with Crippen molar-refractivity contribution in [3.05, 3.63) is 60.4 Å². The van der Waals surface area contributed by atoms with Gasteiger partial charge in [-0.25, -0.2) is 0 Å². The predicted molar refractivity (Wildman–Crippen MR) is 103 cm³/mol. The van der Waals surface area contributed by atoms with Crippen LogP contribution in [-0.4, -0.2) is 35.5 Å². The average Bonchev–Trinajstić information content (AvgIpc) is 3.53. The summed E-state index contributed by atoms with van der Waals surface area (Å²) in [5.41, 5.74) is 1.26. The number of aromatic nitrogens is 1. The summed E-state index contributed by atoms with van der Waals surface area (Å²) in [5.74, 6) is 2.13. The smallest absolute Gasteiger partial charge is 0.225 e. The molecule has 0 bridgehead atoms. The number of pyridine rings is 1. The summed E-state index contributed by atoms with van der Waals surface area (Å²) in [6.07, 6.45) is 8.05. The van der Waals surface area contributed by atoms with Crippen LogP contribution in [0.2, 0.25) is 0 Å². The Morgan fingerprint density at radius 3 is 2.46 bits per heavy atom. The van der Waals surface area contributed by atoms with E-state index in [1.54, 1.807) is 12.4 Å². The zero-order chi connectivity index (χ0) is 18.2. The molecular weight excluding hydrogens is 324 g/mol. The van der Waals surface area contributed by atoms with Crippen molar-refractivity contribution in [1.29, 1.82) is 0 Å². The van der Waals surface area contributed by atoms with Gasteiger partial charge >= 0.3 is 0 Å². The minimum Gasteiger partial charge on any atom is -0.493 e. The number of benzene rings is 1. The van der Waals surface area contributed by atoms with Gasteiger partial charge in [-0.15, -0.1) is 0 Å². The first-order valence-corrected chi connectivity index (χ1v) is 9.55. The first-order chi connectivity index (χ1) is 12.7. The molecule has 1 saturated carbocycles. The average molecular weight is 352 g/mol. The molecule has 2 fully saturated rings. The predicted octanol–water partition coefficient (Wildman–Crippen LogP) is 4.10. The van der Waals surface area contributed by atoms with Crippen LogP contribution in [0.25, 0.3) is 0 Å². The quantitative estimate of drug-likeness (QED) is 0.832. The van der Waals surface area contributed by atoms with Gasteiger partial charge in [0.15, 0.2) is 0 Å². The highest BCUT2D eigenvalue weighted by atomic mass is 16.5. The van der Waals surface area contributed by atoms with Crippen LogP contribution in [0.3, 0.4) is 0 Å². The van der Waals surface area contributed by atoms with E-state index in [4.69, 9.17) is 4.74 Å². The molecule has 1 aromatic carbocycles. The maximum atomic E-state index is 12.1. The van der Waals surface area contributed by atoms with Gasteiger partial charge in [-0.1, -0.05) is 18.2 Å². The third kappa shape index (κ3) is 5.87. The summed E-state index contributed by atoms with van der Waals surface area (Å²) in [5, 5.41) is 0.